The van der Waals surface area contributed by atoms with Gasteiger partial charge in [-0.1, -0.05) is 56.1 Å². The van der Waals surface area contributed by atoms with Crippen molar-refractivity contribution in [3.63, 3.8) is 0 Å². The van der Waals surface area contributed by atoms with E-state index in [4.69, 9.17) is 23.2 Å². The van der Waals surface area contributed by atoms with E-state index >= 15 is 0 Å². The highest BCUT2D eigenvalue weighted by Gasteiger charge is 2.17. The van der Waals surface area contributed by atoms with Crippen LogP contribution in [0, 0.1) is 5.41 Å². The molecule has 0 aliphatic rings. The van der Waals surface area contributed by atoms with Crippen LogP contribution in [0.2, 0.25) is 10.0 Å². The van der Waals surface area contributed by atoms with Gasteiger partial charge in [0.1, 0.15) is 0 Å². The molecule has 0 aliphatic heterocycles. The first-order valence-corrected chi connectivity index (χ1v) is 5.74. The Kier molecular flexibility index (Phi) is 4.17. The molecule has 0 aliphatic carbocycles. The molecule has 0 saturated heterocycles. The molecule has 0 amide bonds. The molecule has 0 spiro atoms. The molecule has 0 aromatic heterocycles. The van der Waals surface area contributed by atoms with Gasteiger partial charge >= 0.3 is 0 Å². The van der Waals surface area contributed by atoms with Gasteiger partial charge in [-0.25, -0.2) is 0 Å². The fourth-order valence-electron chi connectivity index (χ4n) is 1.04. The van der Waals surface area contributed by atoms with Crippen molar-refractivity contribution in [3.05, 3.63) is 39.9 Å². The summed E-state index contributed by atoms with van der Waals surface area (Å²) in [5.41, 5.74) is 0.513. The molecule has 1 aromatic carbocycles. The van der Waals surface area contributed by atoms with Gasteiger partial charge in [0.15, 0.2) is 5.78 Å². The van der Waals surface area contributed by atoms with Crippen molar-refractivity contribution in [3.8, 4) is 0 Å². The van der Waals surface area contributed by atoms with Crippen molar-refractivity contribution in [1.29, 1.82) is 0 Å². The molecule has 1 rings (SSSR count). The van der Waals surface area contributed by atoms with E-state index in [2.05, 4.69) is 0 Å². The molecule has 0 radical (unpaired) electrons. The van der Waals surface area contributed by atoms with Crippen molar-refractivity contribution >= 4 is 35.1 Å². The summed E-state index contributed by atoms with van der Waals surface area (Å²) in [5, 5.41) is 1.01. The van der Waals surface area contributed by atoms with Crippen LogP contribution in [0.5, 0.6) is 0 Å². The van der Waals surface area contributed by atoms with Crippen molar-refractivity contribution in [1.82, 2.24) is 0 Å². The van der Waals surface area contributed by atoms with Crippen LogP contribution < -0.4 is 0 Å². The molecule has 0 atom stereocenters. The first-order valence-electron chi connectivity index (χ1n) is 4.98. The van der Waals surface area contributed by atoms with Crippen molar-refractivity contribution in [2.24, 2.45) is 5.41 Å². The molecule has 0 unspecified atom stereocenters. The molecule has 1 nitrogen and oxygen atoms in total. The third-order valence-electron chi connectivity index (χ3n) is 2.11. The molecule has 3 heteroatoms. The zero-order valence-electron chi connectivity index (χ0n) is 9.55. The fraction of sp³-hybridized carbons (Fsp3) is 0.308. The first-order chi connectivity index (χ1) is 7.30. The van der Waals surface area contributed by atoms with E-state index < -0.39 is 0 Å². The van der Waals surface area contributed by atoms with E-state index in [1.54, 1.807) is 24.3 Å². The van der Waals surface area contributed by atoms with Gasteiger partial charge in [0, 0.05) is 5.41 Å². The number of hydrogen-bond acceptors (Lipinski definition) is 1. The maximum Gasteiger partial charge on any atom is 0.161 e. The summed E-state index contributed by atoms with van der Waals surface area (Å²) in [6.45, 7) is 5.65. The summed E-state index contributed by atoms with van der Waals surface area (Å²) in [6.07, 6.45) is 3.31. The Hall–Kier alpha value is -0.790. The van der Waals surface area contributed by atoms with Crippen molar-refractivity contribution in [2.75, 3.05) is 0 Å². The smallest absolute Gasteiger partial charge is 0.161 e. The van der Waals surface area contributed by atoms with Gasteiger partial charge in [0.05, 0.1) is 10.0 Å². The van der Waals surface area contributed by atoms with Gasteiger partial charge < -0.3 is 0 Å². The van der Waals surface area contributed by atoms with Gasteiger partial charge in [-0.3, -0.25) is 4.79 Å². The normalized spacial score (nSPS) is 12.1. The molecule has 16 heavy (non-hydrogen) atoms. The zero-order chi connectivity index (χ0) is 12.3. The van der Waals surface area contributed by atoms with Crippen LogP contribution in [0.25, 0.3) is 6.08 Å². The van der Waals surface area contributed by atoms with E-state index in [9.17, 15) is 4.79 Å². The summed E-state index contributed by atoms with van der Waals surface area (Å²) in [4.78, 5) is 11.6. The minimum atomic E-state index is -0.354. The molecule has 0 saturated carbocycles. The standard InChI is InChI=1S/C13H14Cl2O/c1-13(2,3)12(16)7-5-9-4-6-10(14)11(15)8-9/h4-8H,1-3H3/b7-5+. The summed E-state index contributed by atoms with van der Waals surface area (Å²) >= 11 is 11.7. The van der Waals surface area contributed by atoms with Gasteiger partial charge in [-0.15, -0.1) is 0 Å². The van der Waals surface area contributed by atoms with E-state index in [-0.39, 0.29) is 11.2 Å². The number of hydrogen-bond donors (Lipinski definition) is 0. The SMILES string of the molecule is CC(C)(C)C(=O)/C=C/c1ccc(Cl)c(Cl)c1. The van der Waals surface area contributed by atoms with Gasteiger partial charge in [0.2, 0.25) is 0 Å². The van der Waals surface area contributed by atoms with E-state index in [1.165, 1.54) is 0 Å². The van der Waals surface area contributed by atoms with Crippen LogP contribution in [0.15, 0.2) is 24.3 Å². The van der Waals surface area contributed by atoms with E-state index in [1.807, 2.05) is 26.8 Å². The largest absolute Gasteiger partial charge is 0.294 e. The Morgan fingerprint density at radius 2 is 1.81 bits per heavy atom. The Balaban J connectivity index is 2.85. The predicted octanol–water partition coefficient (Wildman–Crippen LogP) is 4.62. The average molecular weight is 257 g/mol. The number of halogens is 2. The summed E-state index contributed by atoms with van der Waals surface area (Å²) in [6, 6.07) is 5.27. The highest BCUT2D eigenvalue weighted by molar-refractivity contribution is 6.42. The lowest BCUT2D eigenvalue weighted by Gasteiger charge is -2.12. The number of allylic oxidation sites excluding steroid dienone is 1. The topological polar surface area (TPSA) is 17.1 Å². The second kappa shape index (κ2) is 5.03. The first kappa shape index (κ1) is 13.3. The molecule has 86 valence electrons. The number of carbonyl (C=O) groups excluding carboxylic acids is 1. The van der Waals surface area contributed by atoms with Gasteiger partial charge in [-0.05, 0) is 23.8 Å². The number of carbonyl (C=O) groups is 1. The predicted molar refractivity (Wildman–Crippen MR) is 70.0 cm³/mol. The van der Waals surface area contributed by atoms with Crippen LogP contribution in [0.4, 0.5) is 0 Å². The highest BCUT2D eigenvalue weighted by atomic mass is 35.5. The molecule has 0 N–H and O–H groups in total. The lowest BCUT2D eigenvalue weighted by atomic mass is 9.90. The maximum atomic E-state index is 11.6. The van der Waals surface area contributed by atoms with Crippen molar-refractivity contribution < 1.29 is 4.79 Å². The molecule has 0 bridgehead atoms. The third-order valence-corrected chi connectivity index (χ3v) is 2.85. The third kappa shape index (κ3) is 3.66. The van der Waals surface area contributed by atoms with Gasteiger partial charge in [-0.2, -0.15) is 0 Å². The lowest BCUT2D eigenvalue weighted by molar-refractivity contribution is -0.121. The van der Waals surface area contributed by atoms with Crippen LogP contribution in [0.1, 0.15) is 26.3 Å². The van der Waals surface area contributed by atoms with Crippen LogP contribution in [-0.2, 0) is 4.79 Å². The van der Waals surface area contributed by atoms with Crippen LogP contribution in [-0.4, -0.2) is 5.78 Å². The quantitative estimate of drug-likeness (QED) is 0.706. The minimum Gasteiger partial charge on any atom is -0.294 e. The summed E-state index contributed by atoms with van der Waals surface area (Å²) < 4.78 is 0. The molecular formula is C13H14Cl2O. The molecule has 0 fully saturated rings. The maximum absolute atomic E-state index is 11.6. The Morgan fingerprint density at radius 1 is 1.19 bits per heavy atom. The van der Waals surface area contributed by atoms with Crippen molar-refractivity contribution in [2.45, 2.75) is 20.8 Å². The van der Waals surface area contributed by atoms with E-state index in [0.29, 0.717) is 10.0 Å². The summed E-state index contributed by atoms with van der Waals surface area (Å²) in [5.74, 6) is 0.0820. The summed E-state index contributed by atoms with van der Waals surface area (Å²) in [7, 11) is 0. The second-order valence-electron chi connectivity index (χ2n) is 4.62. The fourth-order valence-corrected chi connectivity index (χ4v) is 1.34. The zero-order valence-corrected chi connectivity index (χ0v) is 11.1. The Bertz CT molecular complexity index is 428. The number of rotatable bonds is 2. The highest BCUT2D eigenvalue weighted by Crippen LogP contribution is 2.23. The number of benzene rings is 1. The molecular weight excluding hydrogens is 243 g/mol. The Labute approximate surface area is 106 Å². The number of ketones is 1. The molecule has 0 heterocycles. The second-order valence-corrected chi connectivity index (χ2v) is 5.44. The average Bonchev–Trinajstić information content (AvgIpc) is 2.18. The minimum absolute atomic E-state index is 0.0820. The Morgan fingerprint density at radius 3 is 2.31 bits per heavy atom. The van der Waals surface area contributed by atoms with Gasteiger partial charge in [0.25, 0.3) is 0 Å². The van der Waals surface area contributed by atoms with E-state index in [0.717, 1.165) is 5.56 Å². The molecule has 1 aromatic rings. The van der Waals surface area contributed by atoms with Crippen LogP contribution >= 0.6 is 23.2 Å². The monoisotopic (exact) mass is 256 g/mol. The lowest BCUT2D eigenvalue weighted by Crippen LogP contribution is -2.17. The van der Waals surface area contributed by atoms with Crippen LogP contribution in [0.3, 0.4) is 0 Å².